The maximum absolute atomic E-state index is 12.6. The molecule has 0 saturated carbocycles. The molecule has 1 atom stereocenters. The van der Waals surface area contributed by atoms with Crippen LogP contribution in [0.4, 0.5) is 11.6 Å². The zero-order chi connectivity index (χ0) is 24.7. The van der Waals surface area contributed by atoms with E-state index in [4.69, 9.17) is 28.8 Å². The molecule has 1 amide bonds. The highest BCUT2D eigenvalue weighted by Crippen LogP contribution is 2.37. The molecule has 1 aromatic heterocycles. The van der Waals surface area contributed by atoms with E-state index >= 15 is 0 Å². The highest BCUT2D eigenvalue weighted by atomic mass is 35.5. The molecule has 4 heterocycles. The van der Waals surface area contributed by atoms with Crippen LogP contribution in [0.1, 0.15) is 55.2 Å². The maximum Gasteiger partial charge on any atom is 0.280 e. The number of halogens is 1. The summed E-state index contributed by atoms with van der Waals surface area (Å²) in [7, 11) is 0. The number of guanidine groups is 1. The number of nitrogens with one attached hydrogen (secondary N) is 1. The zero-order valence-corrected chi connectivity index (χ0v) is 20.8. The monoisotopic (exact) mass is 485 g/mol. The van der Waals surface area contributed by atoms with E-state index in [0.717, 1.165) is 43.5 Å². The summed E-state index contributed by atoms with van der Waals surface area (Å²) >= 11 is 5.88. The van der Waals surface area contributed by atoms with E-state index in [2.05, 4.69) is 65.3 Å². The van der Waals surface area contributed by atoms with E-state index < -0.39 is 5.91 Å². The number of fused-ring (bicyclic) bond motifs is 3. The smallest absolute Gasteiger partial charge is 0.280 e. The Morgan fingerprint density at radius 2 is 1.79 bits per heavy atom. The van der Waals surface area contributed by atoms with Crippen molar-refractivity contribution in [2.24, 2.45) is 16.6 Å². The molecular weight excluding hydrogens is 452 g/mol. The SMILES string of the molecule is CC(C)(C)c1ccc(C[N+]23CCC(CC2)[C@H](N=C(N)NC(=O)c2nc(Cl)c(N)nc2N)C3)cc1. The van der Waals surface area contributed by atoms with Crippen molar-refractivity contribution in [2.45, 2.75) is 51.6 Å². The fourth-order valence-electron chi connectivity index (χ4n) is 5.11. The quantitative estimate of drug-likeness (QED) is 0.297. The Hall–Kier alpha value is -2.91. The first-order valence-corrected chi connectivity index (χ1v) is 12.0. The van der Waals surface area contributed by atoms with Gasteiger partial charge in [-0.2, -0.15) is 0 Å². The first-order valence-electron chi connectivity index (χ1n) is 11.6. The van der Waals surface area contributed by atoms with Crippen LogP contribution in [0.3, 0.4) is 0 Å². The summed E-state index contributed by atoms with van der Waals surface area (Å²) in [6.45, 7) is 10.8. The van der Waals surface area contributed by atoms with Crippen molar-refractivity contribution in [2.75, 3.05) is 31.1 Å². The van der Waals surface area contributed by atoms with Crippen molar-refractivity contribution in [3.63, 3.8) is 0 Å². The molecule has 7 N–H and O–H groups in total. The fraction of sp³-hybridized carbons (Fsp3) is 0.500. The Kier molecular flexibility index (Phi) is 6.44. The van der Waals surface area contributed by atoms with Gasteiger partial charge in [-0.05, 0) is 16.9 Å². The summed E-state index contributed by atoms with van der Waals surface area (Å²) < 4.78 is 0.993. The average Bonchev–Trinajstić information content (AvgIpc) is 2.76. The van der Waals surface area contributed by atoms with Crippen LogP contribution in [-0.2, 0) is 12.0 Å². The van der Waals surface area contributed by atoms with Gasteiger partial charge in [0.2, 0.25) is 0 Å². The van der Waals surface area contributed by atoms with Gasteiger partial charge in [-0.25, -0.2) is 15.0 Å². The lowest BCUT2D eigenvalue weighted by atomic mass is 9.81. The predicted octanol–water partition coefficient (Wildman–Crippen LogP) is 2.45. The van der Waals surface area contributed by atoms with Gasteiger partial charge in [0.15, 0.2) is 28.4 Å². The number of carbonyl (C=O) groups is 1. The number of aromatic nitrogens is 2. The first-order chi connectivity index (χ1) is 16.0. The van der Waals surface area contributed by atoms with Crippen LogP contribution in [0.2, 0.25) is 5.15 Å². The van der Waals surface area contributed by atoms with Gasteiger partial charge in [-0.1, -0.05) is 56.6 Å². The van der Waals surface area contributed by atoms with Crippen LogP contribution in [-0.4, -0.2) is 52.0 Å². The van der Waals surface area contributed by atoms with E-state index in [1.165, 1.54) is 11.1 Å². The molecule has 3 aliphatic rings. The highest BCUT2D eigenvalue weighted by Gasteiger charge is 2.46. The number of carbonyl (C=O) groups excluding carboxylic acids is 1. The van der Waals surface area contributed by atoms with Crippen molar-refractivity contribution in [1.29, 1.82) is 0 Å². The van der Waals surface area contributed by atoms with E-state index in [0.29, 0.717) is 5.92 Å². The maximum atomic E-state index is 12.6. The normalized spacial score (nSPS) is 24.8. The molecule has 0 radical (unpaired) electrons. The van der Waals surface area contributed by atoms with Crippen molar-refractivity contribution in [3.05, 3.63) is 46.2 Å². The van der Waals surface area contributed by atoms with Gasteiger partial charge in [0.05, 0.1) is 13.1 Å². The van der Waals surface area contributed by atoms with Crippen molar-refractivity contribution >= 4 is 35.1 Å². The van der Waals surface area contributed by atoms with Crippen molar-refractivity contribution in [3.8, 4) is 0 Å². The molecule has 10 heteroatoms. The Balaban J connectivity index is 1.45. The van der Waals surface area contributed by atoms with Crippen LogP contribution < -0.4 is 22.5 Å². The van der Waals surface area contributed by atoms with Crippen LogP contribution in [0.25, 0.3) is 0 Å². The van der Waals surface area contributed by atoms with Gasteiger partial charge in [0.25, 0.3) is 5.91 Å². The zero-order valence-electron chi connectivity index (χ0n) is 20.0. The molecular formula is C24H34ClN8O+. The number of rotatable bonds is 4. The fourth-order valence-corrected chi connectivity index (χ4v) is 5.24. The molecule has 2 aromatic rings. The Morgan fingerprint density at radius 1 is 1.15 bits per heavy atom. The van der Waals surface area contributed by atoms with Crippen LogP contribution in [0.5, 0.6) is 0 Å². The second-order valence-corrected chi connectivity index (χ2v) is 10.9. The Labute approximate surface area is 205 Å². The van der Waals surface area contributed by atoms with Gasteiger partial charge in [-0.3, -0.25) is 10.1 Å². The van der Waals surface area contributed by atoms with Gasteiger partial charge >= 0.3 is 0 Å². The number of quaternary nitrogens is 1. The van der Waals surface area contributed by atoms with Crippen LogP contribution in [0.15, 0.2) is 29.3 Å². The number of piperidine rings is 3. The summed E-state index contributed by atoms with van der Waals surface area (Å²) in [5.74, 6) is -0.249. The Morgan fingerprint density at radius 3 is 2.41 bits per heavy atom. The molecule has 2 bridgehead atoms. The first kappa shape index (κ1) is 24.2. The second kappa shape index (κ2) is 9.03. The number of nitrogen functional groups attached to an aromatic ring is 2. The highest BCUT2D eigenvalue weighted by molar-refractivity contribution is 6.31. The minimum Gasteiger partial charge on any atom is -0.382 e. The van der Waals surface area contributed by atoms with Crippen molar-refractivity contribution < 1.29 is 9.28 Å². The summed E-state index contributed by atoms with van der Waals surface area (Å²) in [5.41, 5.74) is 20.1. The van der Waals surface area contributed by atoms with Crippen LogP contribution in [0, 0.1) is 5.92 Å². The minimum absolute atomic E-state index is 0.0355. The molecule has 182 valence electrons. The number of nitrogens with zero attached hydrogens (tertiary/aromatic N) is 4. The molecule has 0 aliphatic carbocycles. The predicted molar refractivity (Wildman–Crippen MR) is 135 cm³/mol. The summed E-state index contributed by atoms with van der Waals surface area (Å²) in [6.07, 6.45) is 2.20. The van der Waals surface area contributed by atoms with Gasteiger partial charge < -0.3 is 21.7 Å². The average molecular weight is 486 g/mol. The molecule has 0 unspecified atom stereocenters. The molecule has 9 nitrogen and oxygen atoms in total. The molecule has 3 aliphatic heterocycles. The number of amides is 1. The number of aliphatic imine (C=N–C) groups is 1. The third-order valence-electron chi connectivity index (χ3n) is 7.07. The summed E-state index contributed by atoms with van der Waals surface area (Å²) in [4.78, 5) is 25.0. The molecule has 34 heavy (non-hydrogen) atoms. The summed E-state index contributed by atoms with van der Waals surface area (Å²) in [5, 5.41) is 2.48. The number of hydrogen-bond acceptors (Lipinski definition) is 6. The lowest BCUT2D eigenvalue weighted by Gasteiger charge is -2.51. The van der Waals surface area contributed by atoms with Crippen LogP contribution >= 0.6 is 11.6 Å². The number of hydrogen-bond donors (Lipinski definition) is 4. The molecule has 0 spiro atoms. The van der Waals surface area contributed by atoms with Gasteiger partial charge in [-0.15, -0.1) is 0 Å². The molecule has 3 saturated heterocycles. The van der Waals surface area contributed by atoms with E-state index in [1.807, 2.05) is 0 Å². The summed E-state index contributed by atoms with van der Waals surface area (Å²) in [6, 6.07) is 9.04. The lowest BCUT2D eigenvalue weighted by molar-refractivity contribution is -0.955. The lowest BCUT2D eigenvalue weighted by Crippen LogP contribution is -2.63. The number of anilines is 2. The van der Waals surface area contributed by atoms with E-state index in [1.54, 1.807) is 0 Å². The van der Waals surface area contributed by atoms with Gasteiger partial charge in [0, 0.05) is 18.4 Å². The Bertz CT molecular complexity index is 1100. The minimum atomic E-state index is -0.614. The largest absolute Gasteiger partial charge is 0.382 e. The van der Waals surface area contributed by atoms with Crippen molar-refractivity contribution in [1.82, 2.24) is 15.3 Å². The number of nitrogens with two attached hydrogens (primary N) is 3. The molecule has 3 fully saturated rings. The standard InChI is InChI=1S/C24H33ClN8O/c1-24(2,3)16-6-4-14(5-7-16)12-33-10-8-15(9-11-33)17(13-33)29-23(28)32-22(34)18-20(26)31-21(27)19(25)30-18/h4-7,15,17H,8-13H2,1-3H3,(H6-,26,27,28,29,31,32,34)/p+1/t15?,17-,33?/m1/s1. The topological polar surface area (TPSA) is 145 Å². The molecule has 1 aromatic carbocycles. The van der Waals surface area contributed by atoms with Gasteiger partial charge in [0.1, 0.15) is 19.1 Å². The third-order valence-corrected chi connectivity index (χ3v) is 7.35. The number of benzene rings is 1. The second-order valence-electron chi connectivity index (χ2n) is 10.6. The van der Waals surface area contributed by atoms with E-state index in [-0.39, 0.29) is 39.9 Å². The molecule has 5 rings (SSSR count). The third kappa shape index (κ3) is 5.10. The van der Waals surface area contributed by atoms with E-state index in [9.17, 15) is 4.79 Å².